The minimum atomic E-state index is -0.727. The predicted octanol–water partition coefficient (Wildman–Crippen LogP) is 3.41. The van der Waals surface area contributed by atoms with E-state index in [2.05, 4.69) is 15.4 Å². The highest BCUT2D eigenvalue weighted by atomic mass is 35.5. The molecule has 0 saturated heterocycles. The van der Waals surface area contributed by atoms with Crippen LogP contribution in [0, 0.1) is 0 Å². The molecule has 0 aliphatic carbocycles. The van der Waals surface area contributed by atoms with Gasteiger partial charge in [-0.15, -0.1) is 0 Å². The third-order valence-electron chi connectivity index (χ3n) is 4.49. The molecule has 0 spiro atoms. The summed E-state index contributed by atoms with van der Waals surface area (Å²) < 4.78 is 6.86. The van der Waals surface area contributed by atoms with Crippen LogP contribution in [0.15, 0.2) is 60.9 Å². The zero-order valence-electron chi connectivity index (χ0n) is 15.8. The van der Waals surface area contributed by atoms with E-state index < -0.39 is 11.8 Å². The molecule has 2 heterocycles. The molecule has 0 aliphatic heterocycles. The number of nitrogens with zero attached hydrogens (tertiary/aromatic N) is 3. The van der Waals surface area contributed by atoms with Crippen LogP contribution >= 0.6 is 11.6 Å². The number of rotatable bonds is 5. The summed E-state index contributed by atoms with van der Waals surface area (Å²) in [6, 6.07) is 14.3. The van der Waals surface area contributed by atoms with Gasteiger partial charge in [-0.05, 0) is 18.2 Å². The van der Waals surface area contributed by atoms with Gasteiger partial charge in [-0.2, -0.15) is 5.10 Å². The van der Waals surface area contributed by atoms with E-state index in [-0.39, 0.29) is 27.6 Å². The van der Waals surface area contributed by atoms with E-state index in [0.29, 0.717) is 5.65 Å². The van der Waals surface area contributed by atoms with Gasteiger partial charge >= 0.3 is 0 Å². The van der Waals surface area contributed by atoms with E-state index >= 15 is 0 Å². The number of carbonyl (C=O) groups is 2. The van der Waals surface area contributed by atoms with Crippen molar-refractivity contribution in [1.29, 1.82) is 0 Å². The fraction of sp³-hybridized carbons (Fsp3) is 0.0476. The number of ether oxygens (including phenoxy) is 1. The number of hydrogen-bond donors (Lipinski definition) is 2. The first-order valence-electron chi connectivity index (χ1n) is 8.86. The van der Waals surface area contributed by atoms with E-state index in [1.165, 1.54) is 25.4 Å². The lowest BCUT2D eigenvalue weighted by Crippen LogP contribution is -2.17. The number of nitrogens with one attached hydrogen (secondary N) is 1. The van der Waals surface area contributed by atoms with Gasteiger partial charge in [0.15, 0.2) is 11.4 Å². The number of hydrogen-bond acceptors (Lipinski definition) is 5. The molecule has 30 heavy (non-hydrogen) atoms. The number of amides is 2. The van der Waals surface area contributed by atoms with Crippen molar-refractivity contribution in [2.75, 3.05) is 12.4 Å². The molecule has 2 aromatic heterocycles. The van der Waals surface area contributed by atoms with Gasteiger partial charge in [0, 0.05) is 16.8 Å². The van der Waals surface area contributed by atoms with Crippen molar-refractivity contribution in [1.82, 2.24) is 14.6 Å². The summed E-state index contributed by atoms with van der Waals surface area (Å²) in [5.41, 5.74) is 8.00. The zero-order valence-corrected chi connectivity index (χ0v) is 16.6. The highest BCUT2D eigenvalue weighted by Crippen LogP contribution is 2.33. The summed E-state index contributed by atoms with van der Waals surface area (Å²) >= 11 is 6.07. The number of aromatic nitrogens is 3. The van der Waals surface area contributed by atoms with E-state index in [0.717, 1.165) is 11.3 Å². The number of nitrogens with two attached hydrogens (primary N) is 1. The average Bonchev–Trinajstić information content (AvgIpc) is 3.18. The first-order valence-corrected chi connectivity index (χ1v) is 9.24. The number of benzene rings is 2. The van der Waals surface area contributed by atoms with Gasteiger partial charge in [0.05, 0.1) is 30.3 Å². The Labute approximate surface area is 176 Å². The van der Waals surface area contributed by atoms with Crippen LogP contribution in [0.1, 0.15) is 20.7 Å². The monoisotopic (exact) mass is 421 g/mol. The second-order valence-corrected chi connectivity index (χ2v) is 6.78. The molecule has 0 aliphatic rings. The smallest absolute Gasteiger partial charge is 0.261 e. The van der Waals surface area contributed by atoms with E-state index in [9.17, 15) is 9.59 Å². The van der Waals surface area contributed by atoms with Crippen LogP contribution in [0.2, 0.25) is 5.02 Å². The van der Waals surface area contributed by atoms with Gasteiger partial charge < -0.3 is 15.8 Å². The molecule has 4 aromatic rings. The van der Waals surface area contributed by atoms with Crippen molar-refractivity contribution >= 4 is 34.7 Å². The van der Waals surface area contributed by atoms with Crippen LogP contribution in [-0.4, -0.2) is 33.5 Å². The zero-order chi connectivity index (χ0) is 21.3. The predicted molar refractivity (Wildman–Crippen MR) is 113 cm³/mol. The second-order valence-electron chi connectivity index (χ2n) is 6.34. The van der Waals surface area contributed by atoms with Gasteiger partial charge in [0.1, 0.15) is 5.56 Å². The van der Waals surface area contributed by atoms with E-state index in [1.54, 1.807) is 10.7 Å². The molecular formula is C21H16ClN5O3. The van der Waals surface area contributed by atoms with Crippen molar-refractivity contribution in [2.45, 2.75) is 0 Å². The van der Waals surface area contributed by atoms with E-state index in [1.807, 2.05) is 36.4 Å². The summed E-state index contributed by atoms with van der Waals surface area (Å²) in [4.78, 5) is 29.0. The van der Waals surface area contributed by atoms with Crippen LogP contribution in [0.5, 0.6) is 5.75 Å². The lowest BCUT2D eigenvalue weighted by molar-refractivity contribution is 0.0993. The molecule has 0 fully saturated rings. The molecule has 0 saturated carbocycles. The van der Waals surface area contributed by atoms with Crippen LogP contribution < -0.4 is 15.8 Å². The third-order valence-corrected chi connectivity index (χ3v) is 4.71. The summed E-state index contributed by atoms with van der Waals surface area (Å²) in [6.45, 7) is 0. The van der Waals surface area contributed by atoms with Crippen molar-refractivity contribution in [3.05, 3.63) is 77.1 Å². The number of carbonyl (C=O) groups excluding carboxylic acids is 2. The van der Waals surface area contributed by atoms with Crippen LogP contribution in [0.25, 0.3) is 16.9 Å². The van der Waals surface area contributed by atoms with Crippen molar-refractivity contribution in [3.8, 4) is 17.0 Å². The lowest BCUT2D eigenvalue weighted by atomic mass is 10.1. The Morgan fingerprint density at radius 1 is 1.13 bits per heavy atom. The number of anilines is 1. The molecule has 0 radical (unpaired) electrons. The topological polar surface area (TPSA) is 112 Å². The summed E-state index contributed by atoms with van der Waals surface area (Å²) in [5, 5.41) is 7.25. The number of methoxy groups -OCH3 is 1. The quantitative estimate of drug-likeness (QED) is 0.513. The summed E-state index contributed by atoms with van der Waals surface area (Å²) in [6.07, 6.45) is 3.04. The van der Waals surface area contributed by atoms with Crippen molar-refractivity contribution in [2.24, 2.45) is 5.73 Å². The molecule has 4 rings (SSSR count). The fourth-order valence-electron chi connectivity index (χ4n) is 3.16. The Hall–Kier alpha value is -3.91. The van der Waals surface area contributed by atoms with Gasteiger partial charge in [-0.25, -0.2) is 9.50 Å². The van der Waals surface area contributed by atoms with Gasteiger partial charge in [0.25, 0.3) is 11.8 Å². The first-order chi connectivity index (χ1) is 14.5. The Kier molecular flexibility index (Phi) is 5.07. The maximum atomic E-state index is 13.0. The van der Waals surface area contributed by atoms with Gasteiger partial charge in [0.2, 0.25) is 0 Å². The average molecular weight is 422 g/mol. The van der Waals surface area contributed by atoms with Crippen LogP contribution in [-0.2, 0) is 0 Å². The number of primary amides is 1. The van der Waals surface area contributed by atoms with Crippen LogP contribution in [0.4, 0.5) is 5.69 Å². The van der Waals surface area contributed by atoms with Crippen molar-refractivity contribution in [3.63, 3.8) is 0 Å². The molecule has 0 atom stereocenters. The van der Waals surface area contributed by atoms with Crippen molar-refractivity contribution < 1.29 is 14.3 Å². The molecular weight excluding hydrogens is 406 g/mol. The fourth-order valence-corrected chi connectivity index (χ4v) is 3.38. The minimum Gasteiger partial charge on any atom is -0.494 e. The highest BCUT2D eigenvalue weighted by molar-refractivity contribution is 6.31. The Morgan fingerprint density at radius 2 is 1.90 bits per heavy atom. The molecule has 150 valence electrons. The van der Waals surface area contributed by atoms with Gasteiger partial charge in [-0.1, -0.05) is 41.9 Å². The Balaban J connectivity index is 1.75. The molecule has 3 N–H and O–H groups in total. The second kappa shape index (κ2) is 7.84. The first kappa shape index (κ1) is 19.4. The highest BCUT2D eigenvalue weighted by Gasteiger charge is 2.21. The molecule has 0 bridgehead atoms. The van der Waals surface area contributed by atoms with Gasteiger partial charge in [-0.3, -0.25) is 9.59 Å². The lowest BCUT2D eigenvalue weighted by Gasteiger charge is -2.13. The number of fused-ring (bicyclic) bond motifs is 1. The molecule has 2 aromatic carbocycles. The SMILES string of the molecule is COc1c(NC(=O)c2cnn3c(-c4ccccc4)ccnc23)cc(Cl)cc1C(N)=O. The molecule has 2 amide bonds. The van der Waals surface area contributed by atoms with E-state index in [4.69, 9.17) is 22.1 Å². The summed E-state index contributed by atoms with van der Waals surface area (Å²) in [7, 11) is 1.37. The Morgan fingerprint density at radius 3 is 2.60 bits per heavy atom. The maximum Gasteiger partial charge on any atom is 0.261 e. The molecule has 8 nitrogen and oxygen atoms in total. The normalized spacial score (nSPS) is 10.7. The largest absolute Gasteiger partial charge is 0.494 e. The minimum absolute atomic E-state index is 0.0599. The van der Waals surface area contributed by atoms with Crippen LogP contribution in [0.3, 0.4) is 0 Å². The number of halogens is 1. The molecule has 9 heteroatoms. The summed E-state index contributed by atoms with van der Waals surface area (Å²) in [5.74, 6) is -1.09. The standard InChI is InChI=1S/C21H16ClN5O3/c1-30-18-14(19(23)28)9-13(22)10-16(18)26-21(29)15-11-25-27-17(7-8-24-20(15)27)12-5-3-2-4-6-12/h2-11H,1H3,(H2,23,28)(H,26,29). The third kappa shape index (κ3) is 3.44. The molecule has 0 unspecified atom stereocenters. The Bertz CT molecular complexity index is 1270. The maximum absolute atomic E-state index is 13.0.